The van der Waals surface area contributed by atoms with Crippen molar-refractivity contribution in [3.63, 3.8) is 0 Å². The highest BCUT2D eigenvalue weighted by atomic mass is 32.2. The predicted molar refractivity (Wildman–Crippen MR) is 141 cm³/mol. The molecule has 6 nitrogen and oxygen atoms in total. The Balaban J connectivity index is 1.47. The van der Waals surface area contributed by atoms with Crippen molar-refractivity contribution in [3.05, 3.63) is 124 Å². The minimum Gasteiger partial charge on any atom is -0.294 e. The van der Waals surface area contributed by atoms with E-state index in [1.54, 1.807) is 49.8 Å². The van der Waals surface area contributed by atoms with Gasteiger partial charge < -0.3 is 0 Å². The van der Waals surface area contributed by atoms with Gasteiger partial charge in [0.2, 0.25) is 0 Å². The maximum absolute atomic E-state index is 12.9. The number of nitrogens with zero attached hydrogens (tertiary/aromatic N) is 3. The van der Waals surface area contributed by atoms with Crippen LogP contribution in [0.15, 0.2) is 90.7 Å². The van der Waals surface area contributed by atoms with E-state index in [1.807, 2.05) is 43.3 Å². The van der Waals surface area contributed by atoms with E-state index in [9.17, 15) is 13.2 Å². The Hall–Kier alpha value is -3.97. The van der Waals surface area contributed by atoms with Gasteiger partial charge in [0.1, 0.15) is 5.82 Å². The lowest BCUT2D eigenvalue weighted by atomic mass is 9.97. The second-order valence-corrected chi connectivity index (χ2v) is 10.5. The summed E-state index contributed by atoms with van der Waals surface area (Å²) >= 11 is 0. The molecule has 0 aliphatic rings. The van der Waals surface area contributed by atoms with Gasteiger partial charge in [0, 0.05) is 48.0 Å². The summed E-state index contributed by atoms with van der Waals surface area (Å²) < 4.78 is 24.0. The van der Waals surface area contributed by atoms with Crippen LogP contribution >= 0.6 is 0 Å². The molecule has 2 aromatic carbocycles. The van der Waals surface area contributed by atoms with E-state index in [0.717, 1.165) is 27.9 Å². The van der Waals surface area contributed by atoms with Gasteiger partial charge in [0.05, 0.1) is 11.4 Å². The van der Waals surface area contributed by atoms with Crippen molar-refractivity contribution >= 4 is 15.6 Å². The van der Waals surface area contributed by atoms with Crippen LogP contribution in [0.4, 0.5) is 0 Å². The molecule has 0 bridgehead atoms. The summed E-state index contributed by atoms with van der Waals surface area (Å²) in [7, 11) is -3.30. The van der Waals surface area contributed by atoms with E-state index in [2.05, 4.69) is 9.97 Å². The molecule has 0 saturated heterocycles. The van der Waals surface area contributed by atoms with Crippen LogP contribution in [-0.4, -0.2) is 29.2 Å². The number of aromatic nitrogens is 3. The van der Waals surface area contributed by atoms with Crippen LogP contribution in [0.1, 0.15) is 45.4 Å². The number of sulfone groups is 1. The molecule has 36 heavy (non-hydrogen) atoms. The van der Waals surface area contributed by atoms with Crippen molar-refractivity contribution in [2.45, 2.75) is 32.4 Å². The summed E-state index contributed by atoms with van der Waals surface area (Å²) in [6.45, 7) is 3.70. The van der Waals surface area contributed by atoms with Crippen molar-refractivity contribution in [1.82, 2.24) is 15.0 Å². The first-order chi connectivity index (χ1) is 17.3. The summed E-state index contributed by atoms with van der Waals surface area (Å²) in [6, 6.07) is 18.5. The summed E-state index contributed by atoms with van der Waals surface area (Å²) in [6.07, 6.45) is 7.56. The molecule has 2 heterocycles. The van der Waals surface area contributed by atoms with Crippen LogP contribution in [0.25, 0.3) is 11.3 Å². The van der Waals surface area contributed by atoms with Gasteiger partial charge in [-0.1, -0.05) is 48.5 Å². The summed E-state index contributed by atoms with van der Waals surface area (Å²) in [5.74, 6) is 0.589. The minimum atomic E-state index is -3.30. The second kappa shape index (κ2) is 11.2. The van der Waals surface area contributed by atoms with E-state index in [1.165, 1.54) is 11.5 Å². The molecular formula is C29H27N3O3S. The Bertz CT molecular complexity index is 1500. The lowest BCUT2D eigenvalue weighted by Crippen LogP contribution is -2.06. The Labute approximate surface area is 211 Å². The number of allylic oxidation sites excluding steroid dienone is 1. The van der Waals surface area contributed by atoms with Gasteiger partial charge >= 0.3 is 0 Å². The number of carbonyl (C=O) groups excluding carboxylic acids is 1. The molecule has 0 spiro atoms. The minimum absolute atomic E-state index is 0.0255. The molecule has 7 heteroatoms. The molecule has 0 amide bonds. The lowest BCUT2D eigenvalue weighted by Gasteiger charge is -2.10. The molecule has 0 fully saturated rings. The first kappa shape index (κ1) is 25.1. The molecule has 0 radical (unpaired) electrons. The third-order valence-electron chi connectivity index (χ3n) is 5.78. The first-order valence-electron chi connectivity index (χ1n) is 11.6. The smallest absolute Gasteiger partial charge is 0.175 e. The number of aryl methyl sites for hydroxylation is 1. The number of rotatable bonds is 9. The van der Waals surface area contributed by atoms with Crippen LogP contribution < -0.4 is 0 Å². The number of carbonyl (C=O) groups is 1. The Morgan fingerprint density at radius 1 is 0.972 bits per heavy atom. The quantitative estimate of drug-likeness (QED) is 0.291. The van der Waals surface area contributed by atoms with Crippen molar-refractivity contribution < 1.29 is 13.2 Å². The fraction of sp³-hybridized carbons (Fsp3) is 0.172. The normalized spacial score (nSPS) is 11.6. The monoisotopic (exact) mass is 497 g/mol. The summed E-state index contributed by atoms with van der Waals surface area (Å²) in [5, 5.41) is 1.20. The highest BCUT2D eigenvalue weighted by Gasteiger charge is 2.12. The standard InChI is InChI=1S/C29H27N3O3S/c1-3-15-36(34,35)20-22-8-10-24(11-9-22)28(33)17-23-7-6-21(2)26(16-23)18-29-31-14-12-27(32-29)25-5-4-13-30-19-25/h3-16,19H,17-18,20H2,1-2H3/b15-3+. The fourth-order valence-corrected chi connectivity index (χ4v) is 5.08. The summed E-state index contributed by atoms with van der Waals surface area (Å²) in [5.41, 5.74) is 6.03. The average Bonchev–Trinajstić information content (AvgIpc) is 2.87. The number of Topliss-reactive ketones (excluding diaryl/α,β-unsaturated/α-hetero) is 1. The van der Waals surface area contributed by atoms with E-state index < -0.39 is 9.84 Å². The van der Waals surface area contributed by atoms with Crippen molar-refractivity contribution in [2.24, 2.45) is 0 Å². The number of hydrogen-bond acceptors (Lipinski definition) is 6. The van der Waals surface area contributed by atoms with Gasteiger partial charge in [0.15, 0.2) is 15.6 Å². The van der Waals surface area contributed by atoms with Crippen molar-refractivity contribution in [2.75, 3.05) is 0 Å². The van der Waals surface area contributed by atoms with E-state index in [4.69, 9.17) is 4.98 Å². The van der Waals surface area contributed by atoms with E-state index >= 15 is 0 Å². The van der Waals surface area contributed by atoms with E-state index in [-0.39, 0.29) is 18.0 Å². The molecule has 0 N–H and O–H groups in total. The average molecular weight is 498 g/mol. The molecule has 0 unspecified atom stereocenters. The third-order valence-corrected chi connectivity index (χ3v) is 7.20. The molecule has 0 saturated carbocycles. The third kappa shape index (κ3) is 6.58. The van der Waals surface area contributed by atoms with E-state index in [0.29, 0.717) is 23.4 Å². The molecular weight excluding hydrogens is 470 g/mol. The van der Waals surface area contributed by atoms with Crippen LogP contribution in [0.3, 0.4) is 0 Å². The van der Waals surface area contributed by atoms with Crippen LogP contribution in [0, 0.1) is 6.92 Å². The van der Waals surface area contributed by atoms with Gasteiger partial charge in [-0.25, -0.2) is 18.4 Å². The maximum Gasteiger partial charge on any atom is 0.175 e. The van der Waals surface area contributed by atoms with Gasteiger partial charge in [0.25, 0.3) is 0 Å². The number of benzene rings is 2. The molecule has 2 aromatic heterocycles. The van der Waals surface area contributed by atoms with Crippen LogP contribution in [-0.2, 0) is 28.4 Å². The zero-order valence-corrected chi connectivity index (χ0v) is 21.1. The zero-order valence-electron chi connectivity index (χ0n) is 20.3. The largest absolute Gasteiger partial charge is 0.294 e. The Morgan fingerprint density at radius 3 is 2.47 bits per heavy atom. The van der Waals surface area contributed by atoms with Crippen LogP contribution in [0.5, 0.6) is 0 Å². The lowest BCUT2D eigenvalue weighted by molar-refractivity contribution is 0.0993. The first-order valence-corrected chi connectivity index (χ1v) is 13.3. The molecule has 4 aromatic rings. The Kier molecular flexibility index (Phi) is 7.80. The van der Waals surface area contributed by atoms with Crippen molar-refractivity contribution in [1.29, 1.82) is 0 Å². The molecule has 0 atom stereocenters. The molecule has 0 aliphatic carbocycles. The highest BCUT2D eigenvalue weighted by Crippen LogP contribution is 2.19. The molecule has 4 rings (SSSR count). The van der Waals surface area contributed by atoms with Crippen molar-refractivity contribution in [3.8, 4) is 11.3 Å². The Morgan fingerprint density at radius 2 is 1.75 bits per heavy atom. The number of pyridine rings is 1. The van der Waals surface area contributed by atoms with Gasteiger partial charge in [-0.05, 0) is 54.3 Å². The fourth-order valence-electron chi connectivity index (χ4n) is 3.92. The summed E-state index contributed by atoms with van der Waals surface area (Å²) in [4.78, 5) is 26.2. The van der Waals surface area contributed by atoms with Gasteiger partial charge in [-0.3, -0.25) is 9.78 Å². The predicted octanol–water partition coefficient (Wildman–Crippen LogP) is 5.31. The topological polar surface area (TPSA) is 89.9 Å². The second-order valence-electron chi connectivity index (χ2n) is 8.61. The number of ketones is 1. The number of hydrogen-bond donors (Lipinski definition) is 0. The highest BCUT2D eigenvalue weighted by molar-refractivity contribution is 7.93. The SMILES string of the molecule is C/C=C/S(=O)(=O)Cc1ccc(C(=O)Cc2ccc(C)c(Cc3nccc(-c4cccnc4)n3)c2)cc1. The molecule has 0 aliphatic heterocycles. The van der Waals surface area contributed by atoms with Gasteiger partial charge in [-0.15, -0.1) is 0 Å². The van der Waals surface area contributed by atoms with Crippen LogP contribution in [0.2, 0.25) is 0 Å². The maximum atomic E-state index is 12.9. The zero-order chi connectivity index (χ0) is 25.5. The molecule has 182 valence electrons. The van der Waals surface area contributed by atoms with Gasteiger partial charge in [-0.2, -0.15) is 0 Å².